The van der Waals surface area contributed by atoms with Gasteiger partial charge in [-0.1, -0.05) is 0 Å². The normalized spacial score (nSPS) is 18.0. The number of thiol groups is 1. The molecule has 0 aliphatic heterocycles. The van der Waals surface area contributed by atoms with E-state index in [4.69, 9.17) is 10.2 Å². The van der Waals surface area contributed by atoms with Crippen LogP contribution in [-0.2, 0) is 0 Å². The Morgan fingerprint density at radius 3 is 2.00 bits per heavy atom. The topological polar surface area (TPSA) is 40.5 Å². The van der Waals surface area contributed by atoms with Crippen LogP contribution in [0.1, 0.15) is 0 Å². The van der Waals surface area contributed by atoms with Gasteiger partial charge in [-0.25, -0.2) is 0 Å². The summed E-state index contributed by atoms with van der Waals surface area (Å²) in [7, 11) is 3.06. The van der Waals surface area contributed by atoms with Crippen molar-refractivity contribution in [2.24, 2.45) is 0 Å². The number of hydrogen-bond acceptors (Lipinski definition) is 3. The third-order valence-electron chi connectivity index (χ3n) is 0.840. The molecule has 47 valence electrons. The van der Waals surface area contributed by atoms with Gasteiger partial charge in [-0.2, -0.15) is 12.6 Å². The molecule has 0 heterocycles. The Bertz CT molecular complexity index is 54.0. The van der Waals surface area contributed by atoms with E-state index >= 15 is 0 Å². The van der Waals surface area contributed by atoms with E-state index in [0.717, 1.165) is 0 Å². The summed E-state index contributed by atoms with van der Waals surface area (Å²) in [6.45, 7) is 0. The Kier molecular flexibility index (Phi) is 4.64. The summed E-state index contributed by atoms with van der Waals surface area (Å²) in [6, 6.07) is 0.391. The minimum absolute atomic E-state index is 0.297. The van der Waals surface area contributed by atoms with Gasteiger partial charge in [0.15, 0.2) is 0 Å². The first kappa shape index (κ1) is 8.49. The standard InChI is InChI=1S/C4H9O2SSi/c5-3(1-7)4(6)2-8/h3-7H,1-2H2. The zero-order chi connectivity index (χ0) is 6.57. The third kappa shape index (κ3) is 2.71. The molecule has 0 aliphatic carbocycles. The lowest BCUT2D eigenvalue weighted by atomic mass is 10.3. The molecule has 0 fully saturated rings. The Labute approximate surface area is 57.7 Å². The van der Waals surface area contributed by atoms with E-state index in [-0.39, 0.29) is 0 Å². The minimum Gasteiger partial charge on any atom is -0.391 e. The summed E-state index contributed by atoms with van der Waals surface area (Å²) in [4.78, 5) is 0. The van der Waals surface area contributed by atoms with Crippen molar-refractivity contribution in [2.75, 3.05) is 5.75 Å². The first-order chi connectivity index (χ1) is 3.72. The molecular weight excluding hydrogens is 140 g/mol. The molecule has 0 saturated carbocycles. The lowest BCUT2D eigenvalue weighted by Crippen LogP contribution is -2.26. The molecule has 0 aromatic heterocycles. The van der Waals surface area contributed by atoms with Gasteiger partial charge in [0.1, 0.15) is 0 Å². The van der Waals surface area contributed by atoms with E-state index in [0.29, 0.717) is 11.8 Å². The summed E-state index contributed by atoms with van der Waals surface area (Å²) in [5.74, 6) is 0.297. The van der Waals surface area contributed by atoms with E-state index < -0.39 is 12.2 Å². The van der Waals surface area contributed by atoms with Crippen LogP contribution in [0.15, 0.2) is 0 Å². The quantitative estimate of drug-likeness (QED) is 0.364. The molecule has 8 heavy (non-hydrogen) atoms. The van der Waals surface area contributed by atoms with Crippen molar-refractivity contribution < 1.29 is 10.2 Å². The fourth-order valence-electron chi connectivity index (χ4n) is 0.258. The predicted molar refractivity (Wildman–Crippen MR) is 36.4 cm³/mol. The van der Waals surface area contributed by atoms with Crippen molar-refractivity contribution in [3.63, 3.8) is 0 Å². The fourth-order valence-corrected chi connectivity index (χ4v) is 0.773. The second kappa shape index (κ2) is 4.37. The Balaban J connectivity index is 3.29. The number of aliphatic hydroxyl groups is 2. The number of aliphatic hydroxyl groups excluding tert-OH is 2. The lowest BCUT2D eigenvalue weighted by molar-refractivity contribution is 0.0476. The zero-order valence-electron chi connectivity index (χ0n) is 4.41. The monoisotopic (exact) mass is 149 g/mol. The number of rotatable bonds is 3. The van der Waals surface area contributed by atoms with Gasteiger partial charge in [0.25, 0.3) is 0 Å². The summed E-state index contributed by atoms with van der Waals surface area (Å²) in [5, 5.41) is 17.5. The highest BCUT2D eigenvalue weighted by Crippen LogP contribution is 1.97. The predicted octanol–water partition coefficient (Wildman–Crippen LogP) is -0.775. The minimum atomic E-state index is -0.712. The summed E-state index contributed by atoms with van der Waals surface area (Å²) in [6.07, 6.45) is -1.40. The van der Waals surface area contributed by atoms with Crippen LogP contribution in [0.4, 0.5) is 0 Å². The maximum absolute atomic E-state index is 8.78. The highest BCUT2D eigenvalue weighted by atomic mass is 32.1. The van der Waals surface area contributed by atoms with Crippen LogP contribution in [0.3, 0.4) is 0 Å². The van der Waals surface area contributed by atoms with Gasteiger partial charge in [-0.3, -0.25) is 0 Å². The van der Waals surface area contributed by atoms with E-state index in [9.17, 15) is 0 Å². The summed E-state index contributed by atoms with van der Waals surface area (Å²) < 4.78 is 0. The molecule has 0 rings (SSSR count). The zero-order valence-corrected chi connectivity index (χ0v) is 6.30. The van der Waals surface area contributed by atoms with Crippen LogP contribution in [0.25, 0.3) is 0 Å². The maximum atomic E-state index is 8.78. The second-order valence-electron chi connectivity index (χ2n) is 1.52. The van der Waals surface area contributed by atoms with Crippen molar-refractivity contribution in [3.8, 4) is 0 Å². The summed E-state index contributed by atoms with van der Waals surface area (Å²) in [5.41, 5.74) is 0. The van der Waals surface area contributed by atoms with Crippen LogP contribution in [0.5, 0.6) is 0 Å². The highest BCUT2D eigenvalue weighted by molar-refractivity contribution is 7.80. The third-order valence-corrected chi connectivity index (χ3v) is 1.63. The molecule has 0 aromatic carbocycles. The largest absolute Gasteiger partial charge is 0.391 e. The van der Waals surface area contributed by atoms with E-state index in [2.05, 4.69) is 22.9 Å². The molecule has 0 saturated heterocycles. The average Bonchev–Trinajstić information content (AvgIpc) is 1.84. The second-order valence-corrected chi connectivity index (χ2v) is 2.29. The molecule has 2 nitrogen and oxygen atoms in total. The first-order valence-corrected chi connectivity index (χ1v) is 3.68. The molecule has 3 radical (unpaired) electrons. The van der Waals surface area contributed by atoms with Crippen LogP contribution in [0.2, 0.25) is 6.04 Å². The van der Waals surface area contributed by atoms with Gasteiger partial charge in [-0.15, -0.1) is 0 Å². The Morgan fingerprint density at radius 1 is 1.38 bits per heavy atom. The van der Waals surface area contributed by atoms with Gasteiger partial charge < -0.3 is 10.2 Å². The SMILES string of the molecule is OC(C[Si])C(O)CS. The molecular formula is C4H9O2SSi. The molecule has 2 unspecified atom stereocenters. The van der Waals surface area contributed by atoms with E-state index in [1.807, 2.05) is 0 Å². The van der Waals surface area contributed by atoms with Crippen LogP contribution >= 0.6 is 12.6 Å². The molecule has 4 heteroatoms. The smallest absolute Gasteiger partial charge is 0.0883 e. The molecule has 0 aliphatic rings. The maximum Gasteiger partial charge on any atom is 0.0883 e. The highest BCUT2D eigenvalue weighted by Gasteiger charge is 2.10. The van der Waals surface area contributed by atoms with Gasteiger partial charge in [0.05, 0.1) is 12.2 Å². The summed E-state index contributed by atoms with van der Waals surface area (Å²) >= 11 is 3.78. The lowest BCUT2D eigenvalue weighted by Gasteiger charge is -2.11. The van der Waals surface area contributed by atoms with Crippen LogP contribution < -0.4 is 0 Å². The van der Waals surface area contributed by atoms with Crippen molar-refractivity contribution in [2.45, 2.75) is 18.3 Å². The number of hydrogen-bond donors (Lipinski definition) is 3. The van der Waals surface area contributed by atoms with Crippen molar-refractivity contribution in [1.29, 1.82) is 0 Å². The molecule has 0 amide bonds. The molecule has 0 bridgehead atoms. The van der Waals surface area contributed by atoms with Gasteiger partial charge in [0, 0.05) is 16.0 Å². The average molecular weight is 149 g/mol. The first-order valence-electron chi connectivity index (χ1n) is 2.34. The molecule has 2 N–H and O–H groups in total. The molecule has 2 atom stereocenters. The van der Waals surface area contributed by atoms with Crippen molar-refractivity contribution >= 4 is 22.9 Å². The van der Waals surface area contributed by atoms with E-state index in [1.54, 1.807) is 0 Å². The Morgan fingerprint density at radius 2 is 1.88 bits per heavy atom. The molecule has 0 spiro atoms. The van der Waals surface area contributed by atoms with Gasteiger partial charge >= 0.3 is 0 Å². The van der Waals surface area contributed by atoms with Gasteiger partial charge in [0.2, 0.25) is 0 Å². The fraction of sp³-hybridized carbons (Fsp3) is 1.00. The van der Waals surface area contributed by atoms with Crippen molar-refractivity contribution in [1.82, 2.24) is 0 Å². The van der Waals surface area contributed by atoms with E-state index in [1.165, 1.54) is 0 Å². The van der Waals surface area contributed by atoms with Crippen molar-refractivity contribution in [3.05, 3.63) is 0 Å². The van der Waals surface area contributed by atoms with Gasteiger partial charge in [-0.05, 0) is 6.04 Å². The molecule has 0 aromatic rings. The van der Waals surface area contributed by atoms with Crippen LogP contribution in [0, 0.1) is 0 Å². The van der Waals surface area contributed by atoms with Crippen LogP contribution in [-0.4, -0.2) is 38.4 Å². The Hall–Kier alpha value is 0.487.